The molecule has 1 atom stereocenters. The van der Waals surface area contributed by atoms with Crippen molar-refractivity contribution in [1.29, 1.82) is 0 Å². The molecule has 9 aromatic rings. The molecule has 6 heterocycles. The van der Waals surface area contributed by atoms with Crippen LogP contribution in [0.1, 0.15) is 17.2 Å². The summed E-state index contributed by atoms with van der Waals surface area (Å²) in [7, 11) is 0. The van der Waals surface area contributed by atoms with Gasteiger partial charge in [0.1, 0.15) is 0 Å². The normalized spacial score (nSPS) is 13.9. The Hall–Kier alpha value is -7.31. The second kappa shape index (κ2) is 13.3. The van der Waals surface area contributed by atoms with Crippen LogP contribution in [0.25, 0.3) is 83.0 Å². The molecule has 10 rings (SSSR count). The van der Waals surface area contributed by atoms with E-state index in [9.17, 15) is 0 Å². The molecule has 0 amide bonds. The maximum absolute atomic E-state index is 5.16. The first kappa shape index (κ1) is 31.4. The standard InChI is InChI=1S/C48H32N6/c1-2-10-38-37(9-1)39-19-17-31(45-13-7-15-47(53-45)35-23-33(27-49-29-35)43-11-3-5-21-51-43)25-41(39)42-26-32(18-20-40(38)42)46-14-8-16-48(54-46)36-24-34(28-50-30-36)44-12-4-6-22-52-44/h1-30,45,53H. The highest BCUT2D eigenvalue weighted by Gasteiger charge is 2.18. The lowest BCUT2D eigenvalue weighted by atomic mass is 9.90. The first-order chi connectivity index (χ1) is 26.7. The Labute approximate surface area is 312 Å². The van der Waals surface area contributed by atoms with Gasteiger partial charge in [-0.1, -0.05) is 78.9 Å². The number of nitrogens with one attached hydrogen (secondary N) is 1. The molecule has 0 bridgehead atoms. The predicted molar refractivity (Wildman–Crippen MR) is 219 cm³/mol. The van der Waals surface area contributed by atoms with Gasteiger partial charge in [0, 0.05) is 70.7 Å². The van der Waals surface area contributed by atoms with Gasteiger partial charge in [-0.15, -0.1) is 0 Å². The van der Waals surface area contributed by atoms with Gasteiger partial charge in [0.15, 0.2) is 0 Å². The third-order valence-corrected chi connectivity index (χ3v) is 10.1. The van der Waals surface area contributed by atoms with Crippen molar-refractivity contribution in [3.63, 3.8) is 0 Å². The van der Waals surface area contributed by atoms with Gasteiger partial charge in [-0.3, -0.25) is 19.9 Å². The summed E-state index contributed by atoms with van der Waals surface area (Å²) < 4.78 is 0. The maximum atomic E-state index is 5.16. The molecule has 1 unspecified atom stereocenters. The second-order valence-electron chi connectivity index (χ2n) is 13.5. The van der Waals surface area contributed by atoms with Crippen LogP contribution in [0.15, 0.2) is 183 Å². The summed E-state index contributed by atoms with van der Waals surface area (Å²) in [6.07, 6.45) is 17.5. The van der Waals surface area contributed by atoms with Crippen LogP contribution in [-0.2, 0) is 0 Å². The average Bonchev–Trinajstić information content (AvgIpc) is 3.27. The molecule has 4 aromatic carbocycles. The molecule has 0 spiro atoms. The van der Waals surface area contributed by atoms with Crippen LogP contribution in [0.2, 0.25) is 0 Å². The zero-order chi connectivity index (χ0) is 35.8. The monoisotopic (exact) mass is 692 g/mol. The Bertz CT molecular complexity index is 2920. The Morgan fingerprint density at radius 1 is 0.426 bits per heavy atom. The molecule has 5 aromatic heterocycles. The number of aromatic nitrogens is 5. The van der Waals surface area contributed by atoms with Crippen LogP contribution in [0.4, 0.5) is 0 Å². The van der Waals surface area contributed by atoms with Crippen LogP contribution in [0.5, 0.6) is 0 Å². The quantitative estimate of drug-likeness (QED) is 0.175. The number of hydrogen-bond acceptors (Lipinski definition) is 6. The van der Waals surface area contributed by atoms with Gasteiger partial charge in [0.2, 0.25) is 0 Å². The zero-order valence-corrected chi connectivity index (χ0v) is 29.1. The molecule has 0 aliphatic carbocycles. The number of fused-ring (bicyclic) bond motifs is 6. The first-order valence-electron chi connectivity index (χ1n) is 18.0. The number of hydrogen-bond donors (Lipinski definition) is 1. The van der Waals surface area contributed by atoms with E-state index in [-0.39, 0.29) is 6.04 Å². The number of dihydropyridines is 1. The van der Waals surface area contributed by atoms with Gasteiger partial charge in [0.25, 0.3) is 0 Å². The molecule has 1 aliphatic rings. The predicted octanol–water partition coefficient (Wildman–Crippen LogP) is 11.0. The number of pyridine rings is 5. The first-order valence-corrected chi connectivity index (χ1v) is 18.0. The van der Waals surface area contributed by atoms with E-state index in [0.29, 0.717) is 0 Å². The summed E-state index contributed by atoms with van der Waals surface area (Å²) in [4.78, 5) is 23.3. The van der Waals surface area contributed by atoms with Gasteiger partial charge in [-0.05, 0) is 105 Å². The van der Waals surface area contributed by atoms with Crippen molar-refractivity contribution in [2.45, 2.75) is 6.04 Å². The van der Waals surface area contributed by atoms with E-state index in [2.05, 4.69) is 128 Å². The molecule has 6 heteroatoms. The van der Waals surface area contributed by atoms with Crippen LogP contribution in [-0.4, -0.2) is 24.9 Å². The van der Waals surface area contributed by atoms with E-state index in [1.54, 1.807) is 6.20 Å². The topological polar surface area (TPSA) is 76.5 Å². The van der Waals surface area contributed by atoms with Crippen molar-refractivity contribution in [3.8, 4) is 45.0 Å². The summed E-state index contributed by atoms with van der Waals surface area (Å²) in [5.74, 6) is 0. The van der Waals surface area contributed by atoms with E-state index in [4.69, 9.17) is 4.98 Å². The third-order valence-electron chi connectivity index (χ3n) is 10.1. The van der Waals surface area contributed by atoms with Crippen LogP contribution in [0.3, 0.4) is 0 Å². The van der Waals surface area contributed by atoms with E-state index in [0.717, 1.165) is 56.3 Å². The molecule has 1 aliphatic heterocycles. The molecule has 0 saturated carbocycles. The number of rotatable bonds is 6. The minimum absolute atomic E-state index is 0.0218. The number of allylic oxidation sites excluding steroid dienone is 2. The van der Waals surface area contributed by atoms with Crippen molar-refractivity contribution in [2.75, 3.05) is 0 Å². The van der Waals surface area contributed by atoms with Crippen molar-refractivity contribution in [2.24, 2.45) is 0 Å². The summed E-state index contributed by atoms with van der Waals surface area (Å²) in [6, 6.07) is 44.5. The summed E-state index contributed by atoms with van der Waals surface area (Å²) in [6.45, 7) is 0. The summed E-state index contributed by atoms with van der Waals surface area (Å²) in [5, 5.41) is 11.1. The van der Waals surface area contributed by atoms with Gasteiger partial charge in [-0.2, -0.15) is 0 Å². The Kier molecular flexibility index (Phi) is 7.77. The fourth-order valence-electron chi connectivity index (χ4n) is 7.50. The van der Waals surface area contributed by atoms with Crippen molar-refractivity contribution in [3.05, 3.63) is 194 Å². The molecule has 1 N–H and O–H groups in total. The molecule has 54 heavy (non-hydrogen) atoms. The summed E-state index contributed by atoms with van der Waals surface area (Å²) >= 11 is 0. The third kappa shape index (κ3) is 5.76. The number of benzene rings is 4. The van der Waals surface area contributed by atoms with Gasteiger partial charge >= 0.3 is 0 Å². The highest BCUT2D eigenvalue weighted by Crippen LogP contribution is 2.39. The van der Waals surface area contributed by atoms with E-state index in [1.165, 1.54) is 37.9 Å². The van der Waals surface area contributed by atoms with Crippen LogP contribution >= 0.6 is 0 Å². The Morgan fingerprint density at radius 2 is 0.981 bits per heavy atom. The Balaban J connectivity index is 1.04. The zero-order valence-electron chi connectivity index (χ0n) is 29.1. The van der Waals surface area contributed by atoms with E-state index in [1.807, 2.05) is 73.4 Å². The van der Waals surface area contributed by atoms with Gasteiger partial charge in [-0.25, -0.2) is 4.98 Å². The van der Waals surface area contributed by atoms with Crippen LogP contribution in [0, 0.1) is 0 Å². The average molecular weight is 693 g/mol. The molecule has 6 nitrogen and oxygen atoms in total. The van der Waals surface area contributed by atoms with Crippen LogP contribution < -0.4 is 5.32 Å². The highest BCUT2D eigenvalue weighted by atomic mass is 14.9. The van der Waals surface area contributed by atoms with Crippen molar-refractivity contribution in [1.82, 2.24) is 30.2 Å². The molecule has 0 radical (unpaired) electrons. The molecular weight excluding hydrogens is 661 g/mol. The maximum Gasteiger partial charge on any atom is 0.0725 e. The lowest BCUT2D eigenvalue weighted by molar-refractivity contribution is 0.764. The van der Waals surface area contributed by atoms with Crippen molar-refractivity contribution < 1.29 is 0 Å². The van der Waals surface area contributed by atoms with E-state index >= 15 is 0 Å². The molecular formula is C48H32N6. The summed E-state index contributed by atoms with van der Waals surface area (Å²) in [5.41, 5.74) is 10.7. The minimum atomic E-state index is -0.0218. The molecule has 0 fully saturated rings. The highest BCUT2D eigenvalue weighted by molar-refractivity contribution is 6.25. The minimum Gasteiger partial charge on any atom is -0.374 e. The van der Waals surface area contributed by atoms with Crippen molar-refractivity contribution >= 4 is 38.0 Å². The largest absolute Gasteiger partial charge is 0.374 e. The van der Waals surface area contributed by atoms with E-state index < -0.39 is 0 Å². The second-order valence-corrected chi connectivity index (χ2v) is 13.5. The lowest BCUT2D eigenvalue weighted by Crippen LogP contribution is -2.20. The SMILES string of the molecule is C1=CC(c2ccc3c4ccccc4c4ccc(-c5cccc(-c6cncc(-c7ccccn7)c6)n5)cc4c3c2)NC(c2cncc(-c3ccccn3)c2)=C1. The molecule has 0 saturated heterocycles. The lowest BCUT2D eigenvalue weighted by Gasteiger charge is -2.23. The fourth-order valence-corrected chi connectivity index (χ4v) is 7.50. The number of nitrogens with zero attached hydrogens (tertiary/aromatic N) is 5. The molecule has 254 valence electrons. The van der Waals surface area contributed by atoms with Gasteiger partial charge < -0.3 is 5.32 Å². The van der Waals surface area contributed by atoms with Gasteiger partial charge in [0.05, 0.1) is 28.8 Å². The Morgan fingerprint density at radius 3 is 1.67 bits per heavy atom. The fraction of sp³-hybridized carbons (Fsp3) is 0.0208. The smallest absolute Gasteiger partial charge is 0.0725 e.